The summed E-state index contributed by atoms with van der Waals surface area (Å²) >= 11 is 0. The van der Waals surface area contributed by atoms with Gasteiger partial charge in [0, 0.05) is 25.0 Å². The van der Waals surface area contributed by atoms with Crippen LogP contribution in [0.3, 0.4) is 0 Å². The van der Waals surface area contributed by atoms with Crippen LogP contribution in [0.5, 0.6) is 0 Å². The summed E-state index contributed by atoms with van der Waals surface area (Å²) in [6.07, 6.45) is 1.55. The minimum Gasteiger partial charge on any atom is -0.460 e. The summed E-state index contributed by atoms with van der Waals surface area (Å²) in [4.78, 5) is 13.6. The molecule has 0 amide bonds. The number of hydrogen-bond donors (Lipinski definition) is 1. The molecule has 0 aliphatic rings. The number of benzene rings is 2. The molecule has 1 N–H and O–H groups in total. The van der Waals surface area contributed by atoms with Gasteiger partial charge in [-0.1, -0.05) is 40.7 Å². The number of hydrogen-bond acceptors (Lipinski definition) is 6. The molecule has 32 heavy (non-hydrogen) atoms. The Morgan fingerprint density at radius 3 is 2.06 bits per heavy atom. The van der Waals surface area contributed by atoms with E-state index in [4.69, 9.17) is 4.74 Å². The Morgan fingerprint density at radius 2 is 1.59 bits per heavy atom. The zero-order valence-corrected chi connectivity index (χ0v) is 20.8. The van der Waals surface area contributed by atoms with Gasteiger partial charge in [0.2, 0.25) is 0 Å². The van der Waals surface area contributed by atoms with Crippen molar-refractivity contribution < 1.29 is 17.9 Å². The van der Waals surface area contributed by atoms with Gasteiger partial charge in [-0.2, -0.15) is 0 Å². The van der Waals surface area contributed by atoms with Crippen LogP contribution in [0.25, 0.3) is 0 Å². The molecule has 2 rings (SSSR count). The molecule has 2 aromatic carbocycles. The second kappa shape index (κ2) is 11.4. The smallest absolute Gasteiger partial charge is 0.293 e. The molecule has 0 radical (unpaired) electrons. The summed E-state index contributed by atoms with van der Waals surface area (Å²) in [7, 11) is -3.25. The van der Waals surface area contributed by atoms with E-state index in [-0.39, 0.29) is 11.0 Å². The summed E-state index contributed by atoms with van der Waals surface area (Å²) in [6.45, 7) is 13.1. The molecule has 0 aliphatic carbocycles. The summed E-state index contributed by atoms with van der Waals surface area (Å²) in [6, 6.07) is 12.8. The number of rotatable bonds is 12. The zero-order chi connectivity index (χ0) is 23.9. The Labute approximate surface area is 192 Å². The molecular weight excluding hydrogens is 424 g/mol. The highest BCUT2D eigenvalue weighted by Gasteiger charge is 2.18. The highest BCUT2D eigenvalue weighted by molar-refractivity contribution is 7.90. The van der Waals surface area contributed by atoms with Gasteiger partial charge in [0.05, 0.1) is 16.3 Å². The zero-order valence-electron chi connectivity index (χ0n) is 20.0. The standard InChI is InChI=1S/C25H36N2O4S/c1-7-25(31-17-28)20-8-13-24(27(15-18(2)3)16-19(4)5)23(14-20)26-21-9-11-22(12-10-21)32(6,29)30/h8-14,17-19,25-26H,7,15-16H2,1-6H3. The average molecular weight is 461 g/mol. The van der Waals surface area contributed by atoms with Crippen LogP contribution in [-0.2, 0) is 19.4 Å². The van der Waals surface area contributed by atoms with Crippen molar-refractivity contribution in [2.24, 2.45) is 11.8 Å². The Bertz CT molecular complexity index is 976. The molecule has 0 saturated carbocycles. The highest BCUT2D eigenvalue weighted by Crippen LogP contribution is 2.34. The van der Waals surface area contributed by atoms with Crippen LogP contribution in [0.4, 0.5) is 17.1 Å². The molecule has 0 heterocycles. The molecule has 7 heteroatoms. The van der Waals surface area contributed by atoms with Gasteiger partial charge in [0.15, 0.2) is 9.84 Å². The van der Waals surface area contributed by atoms with Gasteiger partial charge in [-0.25, -0.2) is 8.42 Å². The lowest BCUT2D eigenvalue weighted by Crippen LogP contribution is -2.31. The van der Waals surface area contributed by atoms with E-state index in [0.717, 1.165) is 35.7 Å². The van der Waals surface area contributed by atoms with Crippen molar-refractivity contribution in [1.29, 1.82) is 0 Å². The quantitative estimate of drug-likeness (QED) is 0.417. The number of ether oxygens (including phenoxy) is 1. The van der Waals surface area contributed by atoms with E-state index in [1.165, 1.54) is 6.26 Å². The van der Waals surface area contributed by atoms with Gasteiger partial charge in [-0.15, -0.1) is 0 Å². The van der Waals surface area contributed by atoms with Crippen molar-refractivity contribution in [2.75, 3.05) is 29.6 Å². The van der Waals surface area contributed by atoms with Crippen molar-refractivity contribution >= 4 is 33.4 Å². The number of carbonyl (C=O) groups excluding carboxylic acids is 1. The van der Waals surface area contributed by atoms with E-state index < -0.39 is 9.84 Å². The van der Waals surface area contributed by atoms with Crippen molar-refractivity contribution in [3.05, 3.63) is 48.0 Å². The third kappa shape index (κ3) is 7.26. The van der Waals surface area contributed by atoms with Gasteiger partial charge < -0.3 is 15.0 Å². The normalized spacial score (nSPS) is 12.6. The molecule has 176 valence electrons. The second-order valence-corrected chi connectivity index (χ2v) is 11.0. The maximum Gasteiger partial charge on any atom is 0.293 e. The molecule has 2 aromatic rings. The molecule has 0 fully saturated rings. The third-order valence-electron chi connectivity index (χ3n) is 5.06. The van der Waals surface area contributed by atoms with Gasteiger partial charge in [0.25, 0.3) is 6.47 Å². The summed E-state index contributed by atoms with van der Waals surface area (Å²) < 4.78 is 28.9. The Balaban J connectivity index is 2.51. The first kappa shape index (κ1) is 25.7. The molecule has 0 spiro atoms. The average Bonchev–Trinajstić information content (AvgIpc) is 2.70. The number of anilines is 3. The van der Waals surface area contributed by atoms with Crippen LogP contribution >= 0.6 is 0 Å². The van der Waals surface area contributed by atoms with Crippen LogP contribution in [0.2, 0.25) is 0 Å². The maximum absolute atomic E-state index is 11.8. The van der Waals surface area contributed by atoms with Gasteiger partial charge >= 0.3 is 0 Å². The first-order chi connectivity index (χ1) is 15.0. The Hall–Kier alpha value is -2.54. The number of nitrogens with one attached hydrogen (secondary N) is 1. The molecule has 1 unspecified atom stereocenters. The predicted molar refractivity (Wildman–Crippen MR) is 131 cm³/mol. The second-order valence-electron chi connectivity index (χ2n) is 9.02. The van der Waals surface area contributed by atoms with Crippen LogP contribution in [0.1, 0.15) is 52.7 Å². The SMILES string of the molecule is CCC(OC=O)c1ccc(N(CC(C)C)CC(C)C)c(Nc2ccc(S(C)(=O)=O)cc2)c1. The molecule has 6 nitrogen and oxygen atoms in total. The largest absolute Gasteiger partial charge is 0.460 e. The van der Waals surface area contributed by atoms with Gasteiger partial charge in [-0.05, 0) is 60.2 Å². The van der Waals surface area contributed by atoms with E-state index >= 15 is 0 Å². The number of sulfone groups is 1. The Morgan fingerprint density at radius 1 is 1.00 bits per heavy atom. The lowest BCUT2D eigenvalue weighted by molar-refractivity contribution is -0.134. The predicted octanol–water partition coefficient (Wildman–Crippen LogP) is 5.58. The molecule has 0 aromatic heterocycles. The summed E-state index contributed by atoms with van der Waals surface area (Å²) in [5.74, 6) is 0.967. The molecule has 1 atom stereocenters. The van der Waals surface area contributed by atoms with E-state index in [9.17, 15) is 13.2 Å². The van der Waals surface area contributed by atoms with Crippen LogP contribution in [0, 0.1) is 11.8 Å². The molecule has 0 aliphatic heterocycles. The van der Waals surface area contributed by atoms with Crippen molar-refractivity contribution in [1.82, 2.24) is 0 Å². The minimum absolute atomic E-state index is 0.281. The minimum atomic E-state index is -3.25. The fourth-order valence-corrected chi connectivity index (χ4v) is 4.33. The van der Waals surface area contributed by atoms with Gasteiger partial charge in [0.1, 0.15) is 6.10 Å². The van der Waals surface area contributed by atoms with E-state index in [2.05, 4.69) is 44.0 Å². The summed E-state index contributed by atoms with van der Waals surface area (Å²) in [5.41, 5.74) is 3.65. The van der Waals surface area contributed by atoms with E-state index in [0.29, 0.717) is 24.7 Å². The molecule has 0 bridgehead atoms. The van der Waals surface area contributed by atoms with Crippen molar-refractivity contribution in [2.45, 2.75) is 52.0 Å². The first-order valence-electron chi connectivity index (χ1n) is 11.1. The molecule has 0 saturated heterocycles. The third-order valence-corrected chi connectivity index (χ3v) is 6.18. The van der Waals surface area contributed by atoms with Crippen LogP contribution in [0.15, 0.2) is 47.4 Å². The first-order valence-corrected chi connectivity index (χ1v) is 13.0. The lowest BCUT2D eigenvalue weighted by atomic mass is 10.0. The van der Waals surface area contributed by atoms with Gasteiger partial charge in [-0.3, -0.25) is 4.79 Å². The fourth-order valence-electron chi connectivity index (χ4n) is 3.70. The summed E-state index contributed by atoms with van der Waals surface area (Å²) in [5, 5.41) is 3.46. The Kier molecular flexibility index (Phi) is 9.13. The van der Waals surface area contributed by atoms with Crippen LogP contribution < -0.4 is 10.2 Å². The number of nitrogens with zero attached hydrogens (tertiary/aromatic N) is 1. The maximum atomic E-state index is 11.8. The topological polar surface area (TPSA) is 75.7 Å². The lowest BCUT2D eigenvalue weighted by Gasteiger charge is -2.31. The van der Waals surface area contributed by atoms with Crippen LogP contribution in [-0.4, -0.2) is 34.2 Å². The number of carbonyl (C=O) groups is 1. The molecular formula is C25H36N2O4S. The van der Waals surface area contributed by atoms with Crippen molar-refractivity contribution in [3.8, 4) is 0 Å². The van der Waals surface area contributed by atoms with E-state index in [1.54, 1.807) is 24.3 Å². The van der Waals surface area contributed by atoms with E-state index in [1.807, 2.05) is 19.1 Å². The highest BCUT2D eigenvalue weighted by atomic mass is 32.2. The fraction of sp³-hybridized carbons (Fsp3) is 0.480. The monoisotopic (exact) mass is 460 g/mol. The van der Waals surface area contributed by atoms with Crippen molar-refractivity contribution in [3.63, 3.8) is 0 Å².